The molecule has 1 aliphatic heterocycles. The Morgan fingerprint density at radius 2 is 2.24 bits per heavy atom. The zero-order valence-electron chi connectivity index (χ0n) is 10.1. The van der Waals surface area contributed by atoms with E-state index in [0.717, 1.165) is 30.8 Å². The first kappa shape index (κ1) is 11.9. The summed E-state index contributed by atoms with van der Waals surface area (Å²) in [6.45, 7) is 3.94. The number of nitrogens with one attached hydrogen (secondary N) is 1. The van der Waals surface area contributed by atoms with E-state index in [4.69, 9.17) is 0 Å². The van der Waals surface area contributed by atoms with Gasteiger partial charge in [0.05, 0.1) is 4.92 Å². The number of hydrogen-bond acceptors (Lipinski definition) is 4. The molecular weight excluding hydrogens is 218 g/mol. The van der Waals surface area contributed by atoms with E-state index in [1.54, 1.807) is 12.1 Å². The van der Waals surface area contributed by atoms with Gasteiger partial charge < -0.3 is 10.2 Å². The summed E-state index contributed by atoms with van der Waals surface area (Å²) in [4.78, 5) is 12.7. The first-order valence-corrected chi connectivity index (χ1v) is 5.76. The summed E-state index contributed by atoms with van der Waals surface area (Å²) in [5, 5.41) is 14.1. The zero-order chi connectivity index (χ0) is 12.4. The first-order valence-electron chi connectivity index (χ1n) is 5.76. The molecule has 92 valence electrons. The van der Waals surface area contributed by atoms with Gasteiger partial charge in [0.25, 0.3) is 5.69 Å². The van der Waals surface area contributed by atoms with Crippen LogP contribution in [0, 0.1) is 17.0 Å². The number of hydrogen-bond donors (Lipinski definition) is 1. The van der Waals surface area contributed by atoms with Crippen molar-refractivity contribution in [1.82, 2.24) is 4.90 Å². The standard InChI is InChI=1S/C12H17N3O2/c1-9-5-11(7-12(6-9)15(16)17)13-10-3-4-14(2)8-10/h5-7,10,13H,3-4,8H2,1-2H3. The number of likely N-dealkylation sites (N-methyl/N-ethyl adjacent to an activating group) is 1. The Balaban J connectivity index is 2.12. The van der Waals surface area contributed by atoms with Crippen LogP contribution >= 0.6 is 0 Å². The summed E-state index contributed by atoms with van der Waals surface area (Å²) < 4.78 is 0. The van der Waals surface area contributed by atoms with Crippen molar-refractivity contribution in [3.63, 3.8) is 0 Å². The van der Waals surface area contributed by atoms with Crippen molar-refractivity contribution < 1.29 is 4.92 Å². The number of nitro benzene ring substituents is 1. The van der Waals surface area contributed by atoms with E-state index in [2.05, 4.69) is 17.3 Å². The van der Waals surface area contributed by atoms with Gasteiger partial charge in [-0.1, -0.05) is 0 Å². The van der Waals surface area contributed by atoms with Crippen molar-refractivity contribution in [2.75, 3.05) is 25.5 Å². The highest BCUT2D eigenvalue weighted by atomic mass is 16.6. The Labute approximate surface area is 101 Å². The molecule has 1 aromatic carbocycles. The molecule has 1 atom stereocenters. The third-order valence-corrected chi connectivity index (χ3v) is 3.04. The molecule has 1 fully saturated rings. The zero-order valence-corrected chi connectivity index (χ0v) is 10.1. The molecule has 1 N–H and O–H groups in total. The maximum atomic E-state index is 10.8. The van der Waals surface area contributed by atoms with Crippen LogP contribution in [0.4, 0.5) is 11.4 Å². The second-order valence-corrected chi connectivity index (χ2v) is 4.71. The van der Waals surface area contributed by atoms with Crippen molar-refractivity contribution in [3.05, 3.63) is 33.9 Å². The smallest absolute Gasteiger partial charge is 0.271 e. The van der Waals surface area contributed by atoms with E-state index in [1.165, 1.54) is 0 Å². The Morgan fingerprint density at radius 3 is 2.82 bits per heavy atom. The molecular formula is C12H17N3O2. The largest absolute Gasteiger partial charge is 0.381 e. The molecule has 0 radical (unpaired) electrons. The van der Waals surface area contributed by atoms with Crippen molar-refractivity contribution in [2.45, 2.75) is 19.4 Å². The van der Waals surface area contributed by atoms with Gasteiger partial charge in [-0.15, -0.1) is 0 Å². The highest BCUT2D eigenvalue weighted by Crippen LogP contribution is 2.22. The average molecular weight is 235 g/mol. The summed E-state index contributed by atoms with van der Waals surface area (Å²) in [6.07, 6.45) is 1.08. The molecule has 0 amide bonds. The minimum absolute atomic E-state index is 0.152. The number of rotatable bonds is 3. The summed E-state index contributed by atoms with van der Waals surface area (Å²) in [5.41, 5.74) is 1.91. The third-order valence-electron chi connectivity index (χ3n) is 3.04. The summed E-state index contributed by atoms with van der Waals surface area (Å²) >= 11 is 0. The van der Waals surface area contributed by atoms with Crippen LogP contribution in [0.5, 0.6) is 0 Å². The van der Waals surface area contributed by atoms with Crippen LogP contribution in [0.25, 0.3) is 0 Å². The average Bonchev–Trinajstić information content (AvgIpc) is 2.63. The van der Waals surface area contributed by atoms with Crippen LogP contribution < -0.4 is 5.32 Å². The molecule has 1 heterocycles. The van der Waals surface area contributed by atoms with Gasteiger partial charge in [0.1, 0.15) is 0 Å². The van der Waals surface area contributed by atoms with Crippen molar-refractivity contribution >= 4 is 11.4 Å². The van der Waals surface area contributed by atoms with E-state index in [-0.39, 0.29) is 10.6 Å². The highest BCUT2D eigenvalue weighted by molar-refractivity contribution is 5.54. The Kier molecular flexibility index (Phi) is 3.28. The number of benzene rings is 1. The molecule has 5 nitrogen and oxygen atoms in total. The lowest BCUT2D eigenvalue weighted by Gasteiger charge is -2.14. The van der Waals surface area contributed by atoms with Gasteiger partial charge in [0.15, 0.2) is 0 Å². The quantitative estimate of drug-likeness (QED) is 0.643. The molecule has 1 aliphatic rings. The fraction of sp³-hybridized carbons (Fsp3) is 0.500. The van der Waals surface area contributed by atoms with Crippen LogP contribution in [0.1, 0.15) is 12.0 Å². The number of nitro groups is 1. The maximum Gasteiger partial charge on any atom is 0.271 e. The lowest BCUT2D eigenvalue weighted by molar-refractivity contribution is -0.384. The van der Waals surface area contributed by atoms with E-state index in [1.807, 2.05) is 13.0 Å². The Bertz CT molecular complexity index is 434. The number of non-ortho nitro benzene ring substituents is 1. The fourth-order valence-corrected chi connectivity index (χ4v) is 2.24. The Morgan fingerprint density at radius 1 is 1.47 bits per heavy atom. The van der Waals surface area contributed by atoms with E-state index in [9.17, 15) is 10.1 Å². The summed E-state index contributed by atoms with van der Waals surface area (Å²) in [7, 11) is 2.08. The molecule has 0 spiro atoms. The molecule has 0 aromatic heterocycles. The van der Waals surface area contributed by atoms with Gasteiger partial charge in [0, 0.05) is 30.4 Å². The van der Waals surface area contributed by atoms with Crippen molar-refractivity contribution in [2.24, 2.45) is 0 Å². The molecule has 1 saturated heterocycles. The van der Waals surface area contributed by atoms with Gasteiger partial charge in [-0.05, 0) is 38.6 Å². The predicted molar refractivity (Wildman–Crippen MR) is 67.4 cm³/mol. The van der Waals surface area contributed by atoms with Crippen LogP contribution in [-0.4, -0.2) is 36.0 Å². The monoisotopic (exact) mass is 235 g/mol. The van der Waals surface area contributed by atoms with Gasteiger partial charge in [0.2, 0.25) is 0 Å². The van der Waals surface area contributed by atoms with Crippen LogP contribution in [-0.2, 0) is 0 Å². The number of aryl methyl sites for hydroxylation is 1. The van der Waals surface area contributed by atoms with E-state index >= 15 is 0 Å². The minimum Gasteiger partial charge on any atom is -0.381 e. The van der Waals surface area contributed by atoms with Gasteiger partial charge in [-0.3, -0.25) is 10.1 Å². The second-order valence-electron chi connectivity index (χ2n) is 4.71. The number of likely N-dealkylation sites (tertiary alicyclic amines) is 1. The first-order chi connectivity index (χ1) is 8.04. The molecule has 1 unspecified atom stereocenters. The van der Waals surface area contributed by atoms with Crippen LogP contribution in [0.3, 0.4) is 0 Å². The van der Waals surface area contributed by atoms with E-state index < -0.39 is 0 Å². The normalized spacial score (nSPS) is 20.5. The number of anilines is 1. The minimum atomic E-state index is -0.348. The topological polar surface area (TPSA) is 58.4 Å². The van der Waals surface area contributed by atoms with Crippen molar-refractivity contribution in [1.29, 1.82) is 0 Å². The molecule has 17 heavy (non-hydrogen) atoms. The highest BCUT2D eigenvalue weighted by Gasteiger charge is 2.19. The lowest BCUT2D eigenvalue weighted by Crippen LogP contribution is -2.23. The molecule has 5 heteroatoms. The Hall–Kier alpha value is -1.62. The SMILES string of the molecule is Cc1cc(NC2CCN(C)C2)cc([N+](=O)[O-])c1. The molecule has 0 aliphatic carbocycles. The van der Waals surface area contributed by atoms with Gasteiger partial charge in [-0.2, -0.15) is 0 Å². The maximum absolute atomic E-state index is 10.8. The fourth-order valence-electron chi connectivity index (χ4n) is 2.24. The van der Waals surface area contributed by atoms with E-state index in [0.29, 0.717) is 6.04 Å². The molecule has 0 saturated carbocycles. The van der Waals surface area contributed by atoms with Gasteiger partial charge in [-0.25, -0.2) is 0 Å². The lowest BCUT2D eigenvalue weighted by atomic mass is 10.1. The van der Waals surface area contributed by atoms with Crippen LogP contribution in [0.15, 0.2) is 18.2 Å². The third kappa shape index (κ3) is 2.94. The molecule has 1 aromatic rings. The summed E-state index contributed by atoms with van der Waals surface area (Å²) in [6, 6.07) is 5.53. The predicted octanol–water partition coefficient (Wildman–Crippen LogP) is 2.02. The van der Waals surface area contributed by atoms with Gasteiger partial charge >= 0.3 is 0 Å². The molecule has 2 rings (SSSR count). The van der Waals surface area contributed by atoms with Crippen LogP contribution in [0.2, 0.25) is 0 Å². The summed E-state index contributed by atoms with van der Waals surface area (Å²) in [5.74, 6) is 0. The molecule has 0 bridgehead atoms. The van der Waals surface area contributed by atoms with Crippen molar-refractivity contribution in [3.8, 4) is 0 Å². The second kappa shape index (κ2) is 4.71. The number of nitrogens with zero attached hydrogens (tertiary/aromatic N) is 2.